The van der Waals surface area contributed by atoms with Crippen molar-refractivity contribution in [2.24, 2.45) is 5.73 Å². The summed E-state index contributed by atoms with van der Waals surface area (Å²) in [4.78, 5) is 13.9. The standard InChI is InChI=1S/C14H16ClN3OS/c1-7-3-4-12(20-7)8(2)18-13-10(14(17)19)5-9(16)6-11(13)15/h3-6,8,18H,16H2,1-2H3,(H2,17,19). The van der Waals surface area contributed by atoms with Crippen LogP contribution in [-0.2, 0) is 0 Å². The first-order valence-corrected chi connectivity index (χ1v) is 7.29. The van der Waals surface area contributed by atoms with E-state index in [1.165, 1.54) is 10.9 Å². The Morgan fingerprint density at radius 1 is 1.40 bits per heavy atom. The van der Waals surface area contributed by atoms with Gasteiger partial charge in [0.15, 0.2) is 0 Å². The Labute approximate surface area is 126 Å². The highest BCUT2D eigenvalue weighted by molar-refractivity contribution is 7.12. The molecule has 1 heterocycles. The average molecular weight is 310 g/mol. The fraction of sp³-hybridized carbons (Fsp3) is 0.214. The molecule has 0 saturated heterocycles. The predicted octanol–water partition coefficient (Wildman–Crippen LogP) is 3.56. The molecule has 4 nitrogen and oxygen atoms in total. The number of halogens is 1. The number of anilines is 2. The summed E-state index contributed by atoms with van der Waals surface area (Å²) in [5.74, 6) is -0.559. The summed E-state index contributed by atoms with van der Waals surface area (Å²) in [5, 5.41) is 3.63. The lowest BCUT2D eigenvalue weighted by Crippen LogP contribution is -2.16. The van der Waals surface area contributed by atoms with Crippen LogP contribution < -0.4 is 16.8 Å². The fourth-order valence-electron chi connectivity index (χ4n) is 1.94. The zero-order valence-corrected chi connectivity index (χ0v) is 12.8. The fourth-order valence-corrected chi connectivity index (χ4v) is 3.10. The summed E-state index contributed by atoms with van der Waals surface area (Å²) in [7, 11) is 0. The highest BCUT2D eigenvalue weighted by Crippen LogP contribution is 2.33. The first-order valence-electron chi connectivity index (χ1n) is 6.10. The zero-order chi connectivity index (χ0) is 14.9. The summed E-state index contributed by atoms with van der Waals surface area (Å²) < 4.78 is 0. The first-order chi connectivity index (χ1) is 9.38. The van der Waals surface area contributed by atoms with Crippen molar-refractivity contribution in [3.63, 3.8) is 0 Å². The van der Waals surface area contributed by atoms with E-state index in [0.29, 0.717) is 22.0 Å². The smallest absolute Gasteiger partial charge is 0.250 e. The Balaban J connectivity index is 2.35. The molecular formula is C14H16ClN3OS. The monoisotopic (exact) mass is 309 g/mol. The summed E-state index contributed by atoms with van der Waals surface area (Å²) in [5.41, 5.74) is 12.3. The molecule has 5 N–H and O–H groups in total. The second-order valence-corrected chi connectivity index (χ2v) is 6.33. The van der Waals surface area contributed by atoms with Gasteiger partial charge in [0.25, 0.3) is 5.91 Å². The molecule has 1 aromatic carbocycles. The number of aryl methyl sites for hydroxylation is 1. The molecule has 106 valence electrons. The van der Waals surface area contributed by atoms with Crippen molar-refractivity contribution >= 4 is 40.2 Å². The summed E-state index contributed by atoms with van der Waals surface area (Å²) in [6.45, 7) is 4.05. The third-order valence-corrected chi connectivity index (χ3v) is 4.41. The lowest BCUT2D eigenvalue weighted by atomic mass is 10.1. The number of nitrogens with two attached hydrogens (primary N) is 2. The van der Waals surface area contributed by atoms with Crippen LogP contribution in [0.1, 0.15) is 33.1 Å². The molecule has 0 radical (unpaired) electrons. The van der Waals surface area contributed by atoms with Gasteiger partial charge in [0, 0.05) is 15.4 Å². The largest absolute Gasteiger partial charge is 0.399 e. The Morgan fingerprint density at radius 3 is 2.65 bits per heavy atom. The van der Waals surface area contributed by atoms with Crippen molar-refractivity contribution in [1.29, 1.82) is 0 Å². The number of carbonyl (C=O) groups excluding carboxylic acids is 1. The molecule has 2 aromatic rings. The minimum Gasteiger partial charge on any atom is -0.399 e. The van der Waals surface area contributed by atoms with Crippen LogP contribution in [0.15, 0.2) is 24.3 Å². The molecule has 0 fully saturated rings. The van der Waals surface area contributed by atoms with E-state index in [1.807, 2.05) is 19.9 Å². The van der Waals surface area contributed by atoms with E-state index in [2.05, 4.69) is 11.4 Å². The van der Waals surface area contributed by atoms with Crippen LogP contribution >= 0.6 is 22.9 Å². The third-order valence-electron chi connectivity index (χ3n) is 2.93. The Hall–Kier alpha value is -1.72. The van der Waals surface area contributed by atoms with Gasteiger partial charge in [0.1, 0.15) is 0 Å². The maximum absolute atomic E-state index is 11.5. The Morgan fingerprint density at radius 2 is 2.10 bits per heavy atom. The number of hydrogen-bond acceptors (Lipinski definition) is 4. The molecule has 0 bridgehead atoms. The number of primary amides is 1. The average Bonchev–Trinajstić information content (AvgIpc) is 2.78. The molecule has 0 aliphatic carbocycles. The molecule has 1 aromatic heterocycles. The first kappa shape index (κ1) is 14.7. The number of carbonyl (C=O) groups is 1. The molecular weight excluding hydrogens is 294 g/mol. The normalized spacial score (nSPS) is 12.2. The van der Waals surface area contributed by atoms with E-state index >= 15 is 0 Å². The zero-order valence-electron chi connectivity index (χ0n) is 11.2. The quantitative estimate of drug-likeness (QED) is 0.755. The molecule has 0 aliphatic rings. The van der Waals surface area contributed by atoms with Crippen LogP contribution in [0.25, 0.3) is 0 Å². The van der Waals surface area contributed by atoms with Crippen LogP contribution in [0.4, 0.5) is 11.4 Å². The van der Waals surface area contributed by atoms with Crippen LogP contribution in [0.3, 0.4) is 0 Å². The van der Waals surface area contributed by atoms with Gasteiger partial charge in [-0.3, -0.25) is 4.79 Å². The van der Waals surface area contributed by atoms with Crippen molar-refractivity contribution in [3.05, 3.63) is 44.6 Å². The van der Waals surface area contributed by atoms with Gasteiger partial charge in [0.05, 0.1) is 22.3 Å². The van der Waals surface area contributed by atoms with E-state index < -0.39 is 5.91 Å². The minimum absolute atomic E-state index is 0.0212. The van der Waals surface area contributed by atoms with Gasteiger partial charge >= 0.3 is 0 Å². The number of rotatable bonds is 4. The van der Waals surface area contributed by atoms with Crippen molar-refractivity contribution in [2.45, 2.75) is 19.9 Å². The van der Waals surface area contributed by atoms with E-state index in [1.54, 1.807) is 17.4 Å². The number of benzene rings is 1. The molecule has 0 saturated carbocycles. The van der Waals surface area contributed by atoms with Crippen LogP contribution in [0.2, 0.25) is 5.02 Å². The maximum Gasteiger partial charge on any atom is 0.250 e. The second kappa shape index (κ2) is 5.73. The van der Waals surface area contributed by atoms with E-state index in [0.717, 1.165) is 4.88 Å². The topological polar surface area (TPSA) is 81.1 Å². The van der Waals surface area contributed by atoms with E-state index in [4.69, 9.17) is 23.1 Å². The van der Waals surface area contributed by atoms with Crippen LogP contribution in [-0.4, -0.2) is 5.91 Å². The van der Waals surface area contributed by atoms with Gasteiger partial charge in [-0.05, 0) is 38.1 Å². The molecule has 2 rings (SSSR count). The lowest BCUT2D eigenvalue weighted by Gasteiger charge is -2.18. The number of amides is 1. The Kier molecular flexibility index (Phi) is 4.20. The summed E-state index contributed by atoms with van der Waals surface area (Å²) in [6, 6.07) is 7.25. The maximum atomic E-state index is 11.5. The highest BCUT2D eigenvalue weighted by atomic mass is 35.5. The molecule has 0 spiro atoms. The van der Waals surface area contributed by atoms with Gasteiger partial charge in [-0.25, -0.2) is 0 Å². The molecule has 1 unspecified atom stereocenters. The van der Waals surface area contributed by atoms with Gasteiger partial charge < -0.3 is 16.8 Å². The molecule has 1 amide bonds. The molecule has 1 atom stereocenters. The molecule has 6 heteroatoms. The van der Waals surface area contributed by atoms with Gasteiger partial charge in [0.2, 0.25) is 0 Å². The Bertz CT molecular complexity index is 654. The van der Waals surface area contributed by atoms with Crippen molar-refractivity contribution in [1.82, 2.24) is 0 Å². The third kappa shape index (κ3) is 3.05. The summed E-state index contributed by atoms with van der Waals surface area (Å²) >= 11 is 7.86. The van der Waals surface area contributed by atoms with Gasteiger partial charge in [-0.1, -0.05) is 11.6 Å². The molecule has 20 heavy (non-hydrogen) atoms. The lowest BCUT2D eigenvalue weighted by molar-refractivity contribution is 0.100. The predicted molar refractivity (Wildman–Crippen MR) is 85.5 cm³/mol. The van der Waals surface area contributed by atoms with Gasteiger partial charge in [-0.2, -0.15) is 0 Å². The van der Waals surface area contributed by atoms with E-state index in [-0.39, 0.29) is 6.04 Å². The van der Waals surface area contributed by atoms with Gasteiger partial charge in [-0.15, -0.1) is 11.3 Å². The van der Waals surface area contributed by atoms with Crippen LogP contribution in [0, 0.1) is 6.92 Å². The highest BCUT2D eigenvalue weighted by Gasteiger charge is 2.16. The number of hydrogen-bond donors (Lipinski definition) is 3. The number of nitrogens with one attached hydrogen (secondary N) is 1. The van der Waals surface area contributed by atoms with Crippen molar-refractivity contribution in [2.75, 3.05) is 11.1 Å². The number of nitrogen functional groups attached to an aromatic ring is 1. The van der Waals surface area contributed by atoms with Crippen molar-refractivity contribution in [3.8, 4) is 0 Å². The molecule has 0 aliphatic heterocycles. The summed E-state index contributed by atoms with van der Waals surface area (Å²) in [6.07, 6.45) is 0. The number of thiophene rings is 1. The second-order valence-electron chi connectivity index (χ2n) is 4.60. The van der Waals surface area contributed by atoms with E-state index in [9.17, 15) is 4.79 Å². The van der Waals surface area contributed by atoms with Crippen LogP contribution in [0.5, 0.6) is 0 Å². The van der Waals surface area contributed by atoms with Crippen molar-refractivity contribution < 1.29 is 4.79 Å². The SMILES string of the molecule is Cc1ccc(C(C)Nc2c(Cl)cc(N)cc2C(N)=O)s1. The minimum atomic E-state index is -0.559.